The number of carbonyl (C=O) groups is 2. The fraction of sp³-hybridized carbons (Fsp3) is 0.857. The second-order valence-corrected chi connectivity index (χ2v) is 12.0. The van der Waals surface area contributed by atoms with Gasteiger partial charge in [0.25, 0.3) is 0 Å². The molecule has 0 aromatic rings. The number of hydrogen-bond acceptors (Lipinski definition) is 5. The van der Waals surface area contributed by atoms with Crippen molar-refractivity contribution in [1.29, 1.82) is 0 Å². The molecule has 2 saturated carbocycles. The van der Waals surface area contributed by atoms with Crippen molar-refractivity contribution >= 4 is 12.3 Å². The number of carbonyl (C=O) groups excluding carboxylic acids is 2. The second kappa shape index (κ2) is 9.81. The van der Waals surface area contributed by atoms with Crippen molar-refractivity contribution in [2.45, 2.75) is 98.0 Å². The van der Waals surface area contributed by atoms with E-state index in [1.807, 2.05) is 6.92 Å². The van der Waals surface area contributed by atoms with Gasteiger partial charge in [-0.3, -0.25) is 4.79 Å². The smallest absolute Gasteiger partial charge is 0.315 e. The van der Waals surface area contributed by atoms with Gasteiger partial charge in [0.15, 0.2) is 0 Å². The minimum atomic E-state index is -0.104. The molecule has 186 valence electrons. The molecule has 1 heterocycles. The Balaban J connectivity index is 1.50. The van der Waals surface area contributed by atoms with Crippen LogP contribution < -0.4 is 0 Å². The fourth-order valence-electron chi connectivity index (χ4n) is 7.94. The van der Waals surface area contributed by atoms with Crippen LogP contribution in [0.15, 0.2) is 11.3 Å². The molecule has 0 saturated heterocycles. The first-order valence-electron chi connectivity index (χ1n) is 13.3. The van der Waals surface area contributed by atoms with Crippen LogP contribution in [0.25, 0.3) is 0 Å². The highest BCUT2D eigenvalue weighted by Crippen LogP contribution is 2.65. The van der Waals surface area contributed by atoms with Crippen LogP contribution in [0.3, 0.4) is 0 Å². The first-order valence-corrected chi connectivity index (χ1v) is 13.3. The first-order chi connectivity index (χ1) is 15.7. The van der Waals surface area contributed by atoms with Gasteiger partial charge in [-0.05, 0) is 74.2 Å². The van der Waals surface area contributed by atoms with Crippen molar-refractivity contribution in [2.75, 3.05) is 13.9 Å². The van der Waals surface area contributed by atoms with Crippen LogP contribution in [0.5, 0.6) is 0 Å². The van der Waals surface area contributed by atoms with E-state index in [4.69, 9.17) is 14.2 Å². The Bertz CT molecular complexity index is 774. The molecule has 2 fully saturated rings. The number of fused-ring (bicyclic) bond motifs is 4. The third-order valence-corrected chi connectivity index (χ3v) is 10.0. The van der Waals surface area contributed by atoms with Crippen LogP contribution in [-0.4, -0.2) is 32.3 Å². The molecule has 0 aromatic heterocycles. The molecule has 1 aliphatic heterocycles. The summed E-state index contributed by atoms with van der Waals surface area (Å²) in [5.74, 6) is 2.73. The molecule has 5 heteroatoms. The summed E-state index contributed by atoms with van der Waals surface area (Å²) in [5.41, 5.74) is 1.55. The molecule has 4 aliphatic rings. The van der Waals surface area contributed by atoms with E-state index in [0.717, 1.165) is 57.0 Å². The van der Waals surface area contributed by atoms with E-state index < -0.39 is 0 Å². The highest BCUT2D eigenvalue weighted by Gasteiger charge is 2.59. The Labute approximate surface area is 200 Å². The molecule has 0 bridgehead atoms. The Hall–Kier alpha value is -1.20. The minimum absolute atomic E-state index is 0.0365. The molecule has 0 aromatic carbocycles. The molecule has 0 radical (unpaired) electrons. The van der Waals surface area contributed by atoms with Crippen molar-refractivity contribution < 1.29 is 23.8 Å². The molecule has 0 amide bonds. The number of methoxy groups -OCH3 is 1. The molecule has 33 heavy (non-hydrogen) atoms. The van der Waals surface area contributed by atoms with E-state index in [1.165, 1.54) is 24.8 Å². The quantitative estimate of drug-likeness (QED) is 0.238. The van der Waals surface area contributed by atoms with E-state index in [-0.39, 0.29) is 41.5 Å². The van der Waals surface area contributed by atoms with Crippen molar-refractivity contribution in [3.05, 3.63) is 11.3 Å². The highest BCUT2D eigenvalue weighted by atomic mass is 16.7. The molecular weight excluding hydrogens is 416 g/mol. The zero-order valence-electron chi connectivity index (χ0n) is 21.4. The normalized spacial score (nSPS) is 39.8. The maximum absolute atomic E-state index is 13.3. The lowest BCUT2D eigenvalue weighted by atomic mass is 9.54. The molecule has 3 unspecified atom stereocenters. The minimum Gasteiger partial charge on any atom is -0.431 e. The standard InChI is InChI=1S/C28H44O5/c1-18(16-29)7-6-8-19(2)21-9-10-22-25-23(12-14-27(21,22)3)28(4)13-11-20(32-17-31-5)15-24(28)26(30)33-25/h16,18-22,24H,6-15,17H2,1-5H3/t18?,19-,20?,21-,22+,24?,27-,28-/m1/s1. The summed E-state index contributed by atoms with van der Waals surface area (Å²) < 4.78 is 17.1. The summed E-state index contributed by atoms with van der Waals surface area (Å²) in [5, 5.41) is 0. The summed E-state index contributed by atoms with van der Waals surface area (Å²) in [4.78, 5) is 24.2. The molecule has 8 atom stereocenters. The summed E-state index contributed by atoms with van der Waals surface area (Å²) in [6, 6.07) is 0. The van der Waals surface area contributed by atoms with Gasteiger partial charge in [0.05, 0.1) is 12.0 Å². The average Bonchev–Trinajstić information content (AvgIpc) is 3.15. The van der Waals surface area contributed by atoms with Gasteiger partial charge in [0.2, 0.25) is 0 Å². The zero-order valence-corrected chi connectivity index (χ0v) is 21.4. The van der Waals surface area contributed by atoms with Crippen molar-refractivity contribution in [3.63, 3.8) is 0 Å². The van der Waals surface area contributed by atoms with Crippen LogP contribution in [-0.2, 0) is 23.8 Å². The number of ether oxygens (including phenoxy) is 3. The molecule has 3 aliphatic carbocycles. The van der Waals surface area contributed by atoms with Gasteiger partial charge in [-0.15, -0.1) is 0 Å². The molecule has 0 spiro atoms. The number of hydrogen-bond donors (Lipinski definition) is 0. The monoisotopic (exact) mass is 460 g/mol. The Morgan fingerprint density at radius 1 is 1.12 bits per heavy atom. The van der Waals surface area contributed by atoms with E-state index in [1.54, 1.807) is 7.11 Å². The molecule has 5 nitrogen and oxygen atoms in total. The number of allylic oxidation sites excluding steroid dienone is 2. The lowest BCUT2D eigenvalue weighted by Gasteiger charge is -2.53. The Kier molecular flexibility index (Phi) is 7.41. The van der Waals surface area contributed by atoms with E-state index in [0.29, 0.717) is 17.8 Å². The number of esters is 1. The lowest BCUT2D eigenvalue weighted by molar-refractivity contribution is -0.164. The van der Waals surface area contributed by atoms with Crippen LogP contribution in [0, 0.1) is 40.4 Å². The predicted molar refractivity (Wildman–Crippen MR) is 127 cm³/mol. The first kappa shape index (κ1) is 24.9. The second-order valence-electron chi connectivity index (χ2n) is 12.0. The van der Waals surface area contributed by atoms with Crippen LogP contribution in [0.2, 0.25) is 0 Å². The van der Waals surface area contributed by atoms with Gasteiger partial charge in [-0.1, -0.05) is 40.5 Å². The van der Waals surface area contributed by atoms with Crippen molar-refractivity contribution in [1.82, 2.24) is 0 Å². The van der Waals surface area contributed by atoms with E-state index in [2.05, 4.69) is 20.8 Å². The number of rotatable bonds is 9. The average molecular weight is 461 g/mol. The summed E-state index contributed by atoms with van der Waals surface area (Å²) >= 11 is 0. The Morgan fingerprint density at radius 3 is 2.64 bits per heavy atom. The fourth-order valence-corrected chi connectivity index (χ4v) is 7.94. The SMILES string of the molecule is COCOC1CC[C@]2(C)C3=C(OC(=O)C2C1)[C@@H]1CC[C@H]([C@H](C)CCCC(C)C=O)[C@@]1(C)CC3. The zero-order chi connectivity index (χ0) is 23.8. The predicted octanol–water partition coefficient (Wildman–Crippen LogP) is 6.06. The Morgan fingerprint density at radius 2 is 1.91 bits per heavy atom. The summed E-state index contributed by atoms with van der Waals surface area (Å²) in [6.45, 7) is 9.47. The van der Waals surface area contributed by atoms with E-state index in [9.17, 15) is 9.59 Å². The highest BCUT2D eigenvalue weighted by molar-refractivity contribution is 5.77. The van der Waals surface area contributed by atoms with Gasteiger partial charge in [0, 0.05) is 24.4 Å². The largest absolute Gasteiger partial charge is 0.431 e. The van der Waals surface area contributed by atoms with Crippen molar-refractivity contribution in [2.24, 2.45) is 40.4 Å². The third kappa shape index (κ3) is 4.45. The lowest BCUT2D eigenvalue weighted by Crippen LogP contribution is -2.50. The van der Waals surface area contributed by atoms with Gasteiger partial charge >= 0.3 is 5.97 Å². The molecular formula is C28H44O5. The third-order valence-electron chi connectivity index (χ3n) is 10.0. The van der Waals surface area contributed by atoms with Crippen LogP contribution in [0.1, 0.15) is 91.9 Å². The van der Waals surface area contributed by atoms with Gasteiger partial charge in [-0.2, -0.15) is 0 Å². The van der Waals surface area contributed by atoms with E-state index >= 15 is 0 Å². The topological polar surface area (TPSA) is 61.8 Å². The van der Waals surface area contributed by atoms with Gasteiger partial charge in [0.1, 0.15) is 18.8 Å². The van der Waals surface area contributed by atoms with Crippen LogP contribution in [0.4, 0.5) is 0 Å². The summed E-state index contributed by atoms with van der Waals surface area (Å²) in [7, 11) is 1.64. The molecule has 4 rings (SSSR count). The molecule has 0 N–H and O–H groups in total. The van der Waals surface area contributed by atoms with Gasteiger partial charge < -0.3 is 19.0 Å². The maximum atomic E-state index is 13.3. The number of aldehydes is 1. The van der Waals surface area contributed by atoms with Gasteiger partial charge in [-0.25, -0.2) is 0 Å². The van der Waals surface area contributed by atoms with Crippen LogP contribution >= 0.6 is 0 Å². The maximum Gasteiger partial charge on any atom is 0.315 e. The summed E-state index contributed by atoms with van der Waals surface area (Å²) in [6.07, 6.45) is 11.7. The van der Waals surface area contributed by atoms with Crippen molar-refractivity contribution in [3.8, 4) is 0 Å².